The van der Waals surface area contributed by atoms with Crippen molar-refractivity contribution >= 4 is 5.97 Å². The van der Waals surface area contributed by atoms with Crippen LogP contribution in [-0.4, -0.2) is 30.6 Å². The van der Waals surface area contributed by atoms with E-state index in [-0.39, 0.29) is 11.9 Å². The molecular formula is C10H17NO2. The zero-order chi connectivity index (χ0) is 9.68. The molecule has 0 radical (unpaired) electrons. The molecule has 1 heterocycles. The summed E-state index contributed by atoms with van der Waals surface area (Å²) in [5.74, 6) is 0.0716. The van der Waals surface area contributed by atoms with E-state index in [0.717, 1.165) is 25.9 Å². The van der Waals surface area contributed by atoms with Crippen molar-refractivity contribution < 1.29 is 9.53 Å². The fourth-order valence-corrected chi connectivity index (χ4v) is 1.58. The third kappa shape index (κ3) is 2.76. The summed E-state index contributed by atoms with van der Waals surface area (Å²) in [7, 11) is 0. The Balaban J connectivity index is 2.31. The van der Waals surface area contributed by atoms with Gasteiger partial charge in [0.05, 0.1) is 12.5 Å². The molecule has 1 saturated heterocycles. The maximum absolute atomic E-state index is 11.3. The van der Waals surface area contributed by atoms with Gasteiger partial charge >= 0.3 is 5.97 Å². The summed E-state index contributed by atoms with van der Waals surface area (Å²) < 4.78 is 4.97. The molecule has 0 saturated carbocycles. The molecule has 1 aliphatic heterocycles. The Hall–Kier alpha value is -0.990. The first-order chi connectivity index (χ1) is 6.27. The predicted molar refractivity (Wildman–Crippen MR) is 51.1 cm³/mol. The van der Waals surface area contributed by atoms with Crippen LogP contribution >= 0.6 is 0 Å². The summed E-state index contributed by atoms with van der Waals surface area (Å²) in [6.07, 6.45) is 3.62. The Bertz CT molecular complexity index is 183. The third-order valence-corrected chi connectivity index (χ3v) is 2.41. The van der Waals surface area contributed by atoms with Crippen molar-refractivity contribution in [1.29, 1.82) is 0 Å². The first-order valence-electron chi connectivity index (χ1n) is 4.81. The van der Waals surface area contributed by atoms with Crippen LogP contribution in [0.2, 0.25) is 0 Å². The number of likely N-dealkylation sites (tertiary alicyclic amines) is 1. The van der Waals surface area contributed by atoms with Crippen LogP contribution in [0.5, 0.6) is 0 Å². The van der Waals surface area contributed by atoms with E-state index in [9.17, 15) is 4.79 Å². The smallest absolute Gasteiger partial charge is 0.309 e. The number of carbonyl (C=O) groups excluding carboxylic acids is 1. The number of nitrogens with zero attached hydrogens (tertiary/aromatic N) is 1. The van der Waals surface area contributed by atoms with Crippen LogP contribution in [0.4, 0.5) is 0 Å². The Morgan fingerprint density at radius 2 is 2.23 bits per heavy atom. The van der Waals surface area contributed by atoms with Gasteiger partial charge < -0.3 is 9.64 Å². The lowest BCUT2D eigenvalue weighted by Gasteiger charge is -2.29. The van der Waals surface area contributed by atoms with Crippen LogP contribution in [0, 0.1) is 5.92 Å². The highest BCUT2D eigenvalue weighted by Crippen LogP contribution is 2.18. The first kappa shape index (κ1) is 10.1. The summed E-state index contributed by atoms with van der Waals surface area (Å²) in [6.45, 7) is 7.88. The number of esters is 1. The van der Waals surface area contributed by atoms with Gasteiger partial charge in [0.2, 0.25) is 0 Å². The quantitative estimate of drug-likeness (QED) is 0.619. The van der Waals surface area contributed by atoms with Crippen LogP contribution < -0.4 is 0 Å². The van der Waals surface area contributed by atoms with E-state index in [4.69, 9.17) is 4.74 Å². The van der Waals surface area contributed by atoms with Crippen molar-refractivity contribution in [1.82, 2.24) is 4.90 Å². The number of rotatable bonds is 3. The van der Waals surface area contributed by atoms with E-state index in [1.807, 2.05) is 13.1 Å². The molecule has 0 atom stereocenters. The molecule has 1 rings (SSSR count). The second-order valence-electron chi connectivity index (χ2n) is 3.24. The van der Waals surface area contributed by atoms with E-state index in [1.54, 1.807) is 0 Å². The zero-order valence-corrected chi connectivity index (χ0v) is 8.16. The highest BCUT2D eigenvalue weighted by molar-refractivity contribution is 5.72. The highest BCUT2D eigenvalue weighted by atomic mass is 16.5. The monoisotopic (exact) mass is 183 g/mol. The number of ether oxygens (including phenoxy) is 1. The topological polar surface area (TPSA) is 29.5 Å². The number of piperidine rings is 1. The molecule has 3 heteroatoms. The molecule has 0 spiro atoms. The molecule has 0 bridgehead atoms. The third-order valence-electron chi connectivity index (χ3n) is 2.41. The molecular weight excluding hydrogens is 166 g/mol. The predicted octanol–water partition coefficient (Wildman–Crippen LogP) is 1.41. The van der Waals surface area contributed by atoms with Gasteiger partial charge in [0, 0.05) is 13.1 Å². The molecule has 0 amide bonds. The van der Waals surface area contributed by atoms with Crippen molar-refractivity contribution in [3.8, 4) is 0 Å². The molecule has 1 aliphatic rings. The minimum Gasteiger partial charge on any atom is -0.466 e. The van der Waals surface area contributed by atoms with Crippen molar-refractivity contribution in [2.45, 2.75) is 19.8 Å². The summed E-state index contributed by atoms with van der Waals surface area (Å²) >= 11 is 0. The zero-order valence-electron chi connectivity index (χ0n) is 8.16. The lowest BCUT2D eigenvalue weighted by atomic mass is 9.97. The van der Waals surface area contributed by atoms with Crippen LogP contribution in [-0.2, 0) is 9.53 Å². The van der Waals surface area contributed by atoms with Gasteiger partial charge in [-0.25, -0.2) is 0 Å². The molecule has 0 aromatic rings. The number of hydrogen-bond donors (Lipinski definition) is 0. The molecule has 3 nitrogen and oxygen atoms in total. The maximum atomic E-state index is 11.3. The maximum Gasteiger partial charge on any atom is 0.309 e. The van der Waals surface area contributed by atoms with E-state index >= 15 is 0 Å². The van der Waals surface area contributed by atoms with Gasteiger partial charge in [-0.1, -0.05) is 6.58 Å². The second kappa shape index (κ2) is 4.90. The highest BCUT2D eigenvalue weighted by Gasteiger charge is 2.24. The van der Waals surface area contributed by atoms with Crippen LogP contribution in [0.1, 0.15) is 19.8 Å². The van der Waals surface area contributed by atoms with Gasteiger partial charge in [-0.05, 0) is 26.0 Å². The molecule has 0 aromatic carbocycles. The molecule has 0 aromatic heterocycles. The van der Waals surface area contributed by atoms with Gasteiger partial charge in [0.1, 0.15) is 0 Å². The second-order valence-corrected chi connectivity index (χ2v) is 3.24. The lowest BCUT2D eigenvalue weighted by Crippen LogP contribution is -2.33. The summed E-state index contributed by atoms with van der Waals surface area (Å²) in [5, 5.41) is 0. The van der Waals surface area contributed by atoms with E-state index < -0.39 is 0 Å². The van der Waals surface area contributed by atoms with Gasteiger partial charge in [-0.15, -0.1) is 0 Å². The minimum atomic E-state index is -0.0359. The van der Waals surface area contributed by atoms with E-state index in [0.29, 0.717) is 6.61 Å². The van der Waals surface area contributed by atoms with Gasteiger partial charge in [0.25, 0.3) is 0 Å². The van der Waals surface area contributed by atoms with Crippen LogP contribution in [0.25, 0.3) is 0 Å². The normalized spacial score (nSPS) is 18.4. The Morgan fingerprint density at radius 1 is 1.62 bits per heavy atom. The SMILES string of the molecule is C=CN1CCC(C(=O)OCC)CC1. The minimum absolute atomic E-state index is 0.0359. The Morgan fingerprint density at radius 3 is 2.69 bits per heavy atom. The van der Waals surface area contributed by atoms with Gasteiger partial charge in [-0.3, -0.25) is 4.79 Å². The summed E-state index contributed by atoms with van der Waals surface area (Å²) in [4.78, 5) is 13.5. The van der Waals surface area contributed by atoms with Crippen molar-refractivity contribution in [3.05, 3.63) is 12.8 Å². The molecule has 74 valence electrons. The standard InChI is InChI=1S/C10H17NO2/c1-3-11-7-5-9(6-8-11)10(12)13-4-2/h3,9H,1,4-8H2,2H3. The summed E-state index contributed by atoms with van der Waals surface area (Å²) in [5.41, 5.74) is 0. The average molecular weight is 183 g/mol. The van der Waals surface area contributed by atoms with E-state index in [2.05, 4.69) is 11.5 Å². The molecule has 13 heavy (non-hydrogen) atoms. The Kier molecular flexibility index (Phi) is 3.80. The molecule has 1 fully saturated rings. The lowest BCUT2D eigenvalue weighted by molar-refractivity contribution is -0.149. The first-order valence-corrected chi connectivity index (χ1v) is 4.81. The van der Waals surface area contributed by atoms with Crippen molar-refractivity contribution in [2.24, 2.45) is 5.92 Å². The Labute approximate surface area is 79.4 Å². The number of carbonyl (C=O) groups is 1. The van der Waals surface area contributed by atoms with Crippen molar-refractivity contribution in [2.75, 3.05) is 19.7 Å². The fourth-order valence-electron chi connectivity index (χ4n) is 1.58. The number of hydrogen-bond acceptors (Lipinski definition) is 3. The largest absolute Gasteiger partial charge is 0.466 e. The van der Waals surface area contributed by atoms with E-state index in [1.165, 1.54) is 0 Å². The van der Waals surface area contributed by atoms with Crippen LogP contribution in [0.15, 0.2) is 12.8 Å². The van der Waals surface area contributed by atoms with Gasteiger partial charge in [-0.2, -0.15) is 0 Å². The molecule has 0 N–H and O–H groups in total. The fraction of sp³-hybridized carbons (Fsp3) is 0.700. The van der Waals surface area contributed by atoms with Crippen LogP contribution in [0.3, 0.4) is 0 Å². The summed E-state index contributed by atoms with van der Waals surface area (Å²) in [6, 6.07) is 0. The van der Waals surface area contributed by atoms with Gasteiger partial charge in [0.15, 0.2) is 0 Å². The molecule has 0 aliphatic carbocycles. The average Bonchev–Trinajstić information content (AvgIpc) is 2.18. The van der Waals surface area contributed by atoms with Crippen molar-refractivity contribution in [3.63, 3.8) is 0 Å². The molecule has 0 unspecified atom stereocenters.